The van der Waals surface area contributed by atoms with Crippen molar-refractivity contribution in [3.05, 3.63) is 107 Å². The molecule has 7 nitrogen and oxygen atoms in total. The van der Waals surface area contributed by atoms with Gasteiger partial charge in [-0.25, -0.2) is 4.79 Å². The number of ether oxygens (including phenoxy) is 1. The number of carbonyl (C=O) groups excluding carboxylic acids is 4. The van der Waals surface area contributed by atoms with Crippen molar-refractivity contribution in [1.82, 2.24) is 10.2 Å². The van der Waals surface area contributed by atoms with Gasteiger partial charge in [-0.15, -0.1) is 0 Å². The molecule has 2 aliphatic rings. The second-order valence-corrected chi connectivity index (χ2v) is 12.9. The fourth-order valence-corrected chi connectivity index (χ4v) is 7.00. The van der Waals surface area contributed by atoms with Crippen molar-refractivity contribution in [1.29, 1.82) is 0 Å². The Morgan fingerprint density at radius 1 is 0.884 bits per heavy atom. The lowest BCUT2D eigenvalue weighted by atomic mass is 9.89. The molecule has 1 fully saturated rings. The van der Waals surface area contributed by atoms with Gasteiger partial charge in [-0.3, -0.25) is 14.4 Å². The van der Waals surface area contributed by atoms with Gasteiger partial charge in [-0.1, -0.05) is 111 Å². The number of hydrogen-bond donors (Lipinski definition) is 1. The van der Waals surface area contributed by atoms with Crippen LogP contribution in [0.2, 0.25) is 0 Å². The van der Waals surface area contributed by atoms with Crippen LogP contribution < -0.4 is 5.32 Å². The van der Waals surface area contributed by atoms with Crippen LogP contribution >= 0.6 is 11.8 Å². The molecule has 5 rings (SSSR count). The minimum absolute atomic E-state index is 0.111. The first-order valence-electron chi connectivity index (χ1n) is 14.9. The van der Waals surface area contributed by atoms with Crippen LogP contribution in [0, 0.1) is 5.92 Å². The van der Waals surface area contributed by atoms with Gasteiger partial charge in [0.1, 0.15) is 12.1 Å². The summed E-state index contributed by atoms with van der Waals surface area (Å²) < 4.78 is 6.26. The van der Waals surface area contributed by atoms with Gasteiger partial charge < -0.3 is 15.0 Å². The number of rotatable bonds is 8. The highest BCUT2D eigenvalue weighted by atomic mass is 32.2. The van der Waals surface area contributed by atoms with E-state index in [4.69, 9.17) is 4.74 Å². The summed E-state index contributed by atoms with van der Waals surface area (Å²) in [5.74, 6) is -1.23. The number of esters is 1. The van der Waals surface area contributed by atoms with Crippen LogP contribution in [0.5, 0.6) is 0 Å². The first-order valence-corrected chi connectivity index (χ1v) is 15.8. The fraction of sp³-hybridized carbons (Fsp3) is 0.371. The molecule has 43 heavy (non-hydrogen) atoms. The number of fused-ring (bicyclic) bond motifs is 3. The third kappa shape index (κ3) is 6.85. The first kappa shape index (κ1) is 30.5. The van der Waals surface area contributed by atoms with Crippen LogP contribution in [0.25, 0.3) is 0 Å². The van der Waals surface area contributed by atoms with Gasteiger partial charge >= 0.3 is 5.97 Å². The minimum Gasteiger partial charge on any atom is -0.451 e. The zero-order valence-electron chi connectivity index (χ0n) is 24.8. The van der Waals surface area contributed by atoms with Gasteiger partial charge in [-0.05, 0) is 47.4 Å². The third-order valence-electron chi connectivity index (χ3n) is 8.20. The van der Waals surface area contributed by atoms with E-state index >= 15 is 0 Å². The number of benzene rings is 3. The lowest BCUT2D eigenvalue weighted by Crippen LogP contribution is -2.57. The van der Waals surface area contributed by atoms with Gasteiger partial charge in [0.2, 0.25) is 11.8 Å². The molecule has 0 aliphatic carbocycles. The van der Waals surface area contributed by atoms with E-state index in [1.54, 1.807) is 4.90 Å². The van der Waals surface area contributed by atoms with Crippen molar-refractivity contribution in [2.24, 2.45) is 5.92 Å². The van der Waals surface area contributed by atoms with Crippen molar-refractivity contribution in [3.8, 4) is 0 Å². The number of piperidine rings is 1. The van der Waals surface area contributed by atoms with Crippen LogP contribution in [-0.2, 0) is 30.3 Å². The van der Waals surface area contributed by atoms with Crippen LogP contribution in [0.15, 0.2) is 84.9 Å². The Hall–Kier alpha value is -3.91. The van der Waals surface area contributed by atoms with E-state index in [1.807, 2.05) is 98.8 Å². The largest absolute Gasteiger partial charge is 0.451 e. The standard InChI is InChI=1S/C35H38N2O5S/c1-22(2)32(43-23(3)38)33(39)36-28-21-26-17-10-11-18-27(26)29-19-12-20-30(37(29)34(28)40)35(41)42-31(24-13-6-4-7-14-24)25-15-8-5-9-16-25/h4-11,13-18,22,28-32H,12,19-21H2,1-3H3,(H,36,39)/t28-,29?,30-,32-/m0/s1. The maximum Gasteiger partial charge on any atom is 0.329 e. The number of amides is 2. The molecule has 2 amide bonds. The summed E-state index contributed by atoms with van der Waals surface area (Å²) >= 11 is 0.977. The predicted molar refractivity (Wildman–Crippen MR) is 167 cm³/mol. The molecule has 0 bridgehead atoms. The monoisotopic (exact) mass is 598 g/mol. The number of nitrogens with one attached hydrogen (secondary N) is 1. The Balaban J connectivity index is 1.47. The number of thioether (sulfide) groups is 1. The zero-order valence-corrected chi connectivity index (χ0v) is 25.6. The molecular formula is C35H38N2O5S. The Labute approximate surface area is 257 Å². The normalized spacial score (nSPS) is 20.5. The fourth-order valence-electron chi connectivity index (χ4n) is 6.19. The molecular weight excluding hydrogens is 560 g/mol. The second kappa shape index (κ2) is 13.6. The molecule has 3 aromatic rings. The van der Waals surface area contributed by atoms with Crippen molar-refractivity contribution in [3.63, 3.8) is 0 Å². The maximum absolute atomic E-state index is 14.4. The second-order valence-electron chi connectivity index (χ2n) is 11.6. The molecule has 224 valence electrons. The Morgan fingerprint density at radius 3 is 2.09 bits per heavy atom. The summed E-state index contributed by atoms with van der Waals surface area (Å²) in [5.41, 5.74) is 3.64. The summed E-state index contributed by atoms with van der Waals surface area (Å²) in [6.45, 7) is 5.20. The molecule has 3 aromatic carbocycles. The lowest BCUT2D eigenvalue weighted by Gasteiger charge is -2.42. The molecule has 1 unspecified atom stereocenters. The highest BCUT2D eigenvalue weighted by molar-refractivity contribution is 8.14. The summed E-state index contributed by atoms with van der Waals surface area (Å²) in [4.78, 5) is 55.5. The van der Waals surface area contributed by atoms with E-state index < -0.39 is 29.4 Å². The summed E-state index contributed by atoms with van der Waals surface area (Å²) in [6, 6.07) is 25.1. The molecule has 1 saturated heterocycles. The molecule has 0 radical (unpaired) electrons. The number of nitrogens with zero attached hydrogens (tertiary/aromatic N) is 1. The van der Waals surface area contributed by atoms with Crippen molar-refractivity contribution >= 4 is 34.7 Å². The lowest BCUT2D eigenvalue weighted by molar-refractivity contribution is -0.163. The highest BCUT2D eigenvalue weighted by Gasteiger charge is 2.46. The van der Waals surface area contributed by atoms with E-state index in [1.165, 1.54) is 6.92 Å². The van der Waals surface area contributed by atoms with E-state index in [2.05, 4.69) is 5.32 Å². The van der Waals surface area contributed by atoms with Crippen molar-refractivity contribution in [2.45, 2.75) is 75.9 Å². The minimum atomic E-state index is -0.875. The van der Waals surface area contributed by atoms with Gasteiger partial charge in [0.15, 0.2) is 11.2 Å². The van der Waals surface area contributed by atoms with Gasteiger partial charge in [0.05, 0.1) is 11.3 Å². The highest BCUT2D eigenvalue weighted by Crippen LogP contribution is 2.40. The topological polar surface area (TPSA) is 92.8 Å². The Morgan fingerprint density at radius 2 is 1.49 bits per heavy atom. The van der Waals surface area contributed by atoms with Crippen molar-refractivity contribution < 1.29 is 23.9 Å². The molecule has 0 saturated carbocycles. The van der Waals surface area contributed by atoms with Crippen LogP contribution in [0.4, 0.5) is 0 Å². The Kier molecular flexibility index (Phi) is 9.65. The SMILES string of the molecule is CC(=O)S[C@H](C(=O)N[C@H]1Cc2ccccc2C2CCC[C@@H](C(=O)OC(c3ccccc3)c3ccccc3)N2C1=O)C(C)C. The average Bonchev–Trinajstić information content (AvgIpc) is 3.13. The summed E-state index contributed by atoms with van der Waals surface area (Å²) in [5, 5.41) is 2.18. The summed E-state index contributed by atoms with van der Waals surface area (Å²) in [6.07, 6.45) is 1.61. The maximum atomic E-state index is 14.4. The predicted octanol–water partition coefficient (Wildman–Crippen LogP) is 5.79. The van der Waals surface area contributed by atoms with E-state index in [9.17, 15) is 19.2 Å². The quantitative estimate of drug-likeness (QED) is 0.330. The molecule has 2 heterocycles. The Bertz CT molecular complexity index is 1420. The number of hydrogen-bond acceptors (Lipinski definition) is 6. The smallest absolute Gasteiger partial charge is 0.329 e. The average molecular weight is 599 g/mol. The van der Waals surface area contributed by atoms with E-state index in [-0.39, 0.29) is 28.9 Å². The number of carbonyl (C=O) groups is 4. The van der Waals surface area contributed by atoms with Crippen LogP contribution in [-0.4, -0.2) is 45.1 Å². The molecule has 4 atom stereocenters. The molecule has 0 spiro atoms. The van der Waals surface area contributed by atoms with Gasteiger partial charge in [-0.2, -0.15) is 0 Å². The zero-order chi connectivity index (χ0) is 30.5. The molecule has 8 heteroatoms. The van der Waals surface area contributed by atoms with E-state index in [0.717, 1.165) is 40.4 Å². The molecule has 1 N–H and O–H groups in total. The molecule has 2 aliphatic heterocycles. The van der Waals surface area contributed by atoms with Crippen LogP contribution in [0.1, 0.15) is 74.4 Å². The van der Waals surface area contributed by atoms with Gasteiger partial charge in [0.25, 0.3) is 0 Å². The molecule has 0 aromatic heterocycles. The van der Waals surface area contributed by atoms with Crippen molar-refractivity contribution in [2.75, 3.05) is 0 Å². The first-order chi connectivity index (χ1) is 20.7. The van der Waals surface area contributed by atoms with Crippen LogP contribution in [0.3, 0.4) is 0 Å². The van der Waals surface area contributed by atoms with E-state index in [0.29, 0.717) is 19.3 Å². The summed E-state index contributed by atoms with van der Waals surface area (Å²) in [7, 11) is 0. The third-order valence-corrected chi connectivity index (χ3v) is 9.55. The van der Waals surface area contributed by atoms with Gasteiger partial charge in [0, 0.05) is 13.3 Å².